The van der Waals surface area contributed by atoms with Crippen molar-refractivity contribution in [1.29, 1.82) is 0 Å². The monoisotopic (exact) mass is 314 g/mol. The Hall–Kier alpha value is -2.70. The molecule has 0 radical (unpaired) electrons. The van der Waals surface area contributed by atoms with Crippen LogP contribution in [0, 0.1) is 0 Å². The average Bonchev–Trinajstić information content (AvgIpc) is 2.59. The molecule has 1 amide bonds. The fraction of sp³-hybridized carbons (Fsp3) is 0.375. The molecule has 0 saturated heterocycles. The van der Waals surface area contributed by atoms with Crippen molar-refractivity contribution >= 4 is 23.2 Å². The fourth-order valence-electron chi connectivity index (χ4n) is 1.89. The molecule has 0 saturated carbocycles. The highest BCUT2D eigenvalue weighted by Gasteiger charge is 2.00. The van der Waals surface area contributed by atoms with Gasteiger partial charge in [-0.1, -0.05) is 13.3 Å². The molecule has 2 aromatic heterocycles. The van der Waals surface area contributed by atoms with E-state index in [1.807, 2.05) is 24.3 Å². The summed E-state index contributed by atoms with van der Waals surface area (Å²) in [5.41, 5.74) is 0.907. The summed E-state index contributed by atoms with van der Waals surface area (Å²) in [5.74, 6) is 1.43. The maximum atomic E-state index is 11.5. The molecule has 0 unspecified atom stereocenters. The average molecular weight is 314 g/mol. The van der Waals surface area contributed by atoms with Crippen molar-refractivity contribution < 1.29 is 4.79 Å². The van der Waals surface area contributed by atoms with Crippen molar-refractivity contribution in [3.63, 3.8) is 0 Å². The van der Waals surface area contributed by atoms with E-state index in [0.29, 0.717) is 31.1 Å². The maximum absolute atomic E-state index is 11.5. The molecule has 23 heavy (non-hydrogen) atoms. The van der Waals surface area contributed by atoms with Crippen LogP contribution in [-0.4, -0.2) is 34.2 Å². The SMILES string of the molecule is CCCCC(=O)NCCNc1ccc(Nc2ccncc2)nn1. The van der Waals surface area contributed by atoms with E-state index < -0.39 is 0 Å². The highest BCUT2D eigenvalue weighted by molar-refractivity contribution is 5.75. The van der Waals surface area contributed by atoms with E-state index in [1.54, 1.807) is 12.4 Å². The first-order chi connectivity index (χ1) is 11.3. The van der Waals surface area contributed by atoms with Crippen LogP contribution in [0.2, 0.25) is 0 Å². The molecule has 0 aliphatic carbocycles. The first-order valence-electron chi connectivity index (χ1n) is 7.79. The Morgan fingerprint density at radius 2 is 1.78 bits per heavy atom. The molecule has 0 spiro atoms. The molecule has 0 atom stereocenters. The molecule has 2 aromatic rings. The van der Waals surface area contributed by atoms with Crippen LogP contribution in [0.4, 0.5) is 17.3 Å². The van der Waals surface area contributed by atoms with Gasteiger partial charge in [-0.25, -0.2) is 0 Å². The Bertz CT molecular complexity index is 587. The van der Waals surface area contributed by atoms with Gasteiger partial charge in [0, 0.05) is 37.6 Å². The summed E-state index contributed by atoms with van der Waals surface area (Å²) in [6, 6.07) is 7.40. The Morgan fingerprint density at radius 1 is 1.04 bits per heavy atom. The lowest BCUT2D eigenvalue weighted by atomic mass is 10.2. The van der Waals surface area contributed by atoms with Crippen molar-refractivity contribution in [2.45, 2.75) is 26.2 Å². The Morgan fingerprint density at radius 3 is 2.48 bits per heavy atom. The van der Waals surface area contributed by atoms with E-state index in [1.165, 1.54) is 0 Å². The lowest BCUT2D eigenvalue weighted by Crippen LogP contribution is -2.28. The molecule has 0 fully saturated rings. The molecular formula is C16H22N6O. The van der Waals surface area contributed by atoms with E-state index in [2.05, 4.69) is 38.1 Å². The summed E-state index contributed by atoms with van der Waals surface area (Å²) in [6.45, 7) is 3.26. The van der Waals surface area contributed by atoms with E-state index in [9.17, 15) is 4.79 Å². The molecule has 0 aliphatic rings. The molecule has 0 aromatic carbocycles. The van der Waals surface area contributed by atoms with Crippen LogP contribution < -0.4 is 16.0 Å². The molecule has 122 valence electrons. The normalized spacial score (nSPS) is 10.1. The third-order valence-electron chi connectivity index (χ3n) is 3.13. The van der Waals surface area contributed by atoms with Crippen LogP contribution >= 0.6 is 0 Å². The van der Waals surface area contributed by atoms with Crippen LogP contribution in [0.5, 0.6) is 0 Å². The Kier molecular flexibility index (Phi) is 6.77. The van der Waals surface area contributed by atoms with Gasteiger partial charge >= 0.3 is 0 Å². The van der Waals surface area contributed by atoms with Gasteiger partial charge in [0.15, 0.2) is 5.82 Å². The van der Waals surface area contributed by atoms with Gasteiger partial charge in [-0.3, -0.25) is 9.78 Å². The van der Waals surface area contributed by atoms with Gasteiger partial charge in [0.05, 0.1) is 0 Å². The maximum Gasteiger partial charge on any atom is 0.220 e. The van der Waals surface area contributed by atoms with Crippen molar-refractivity contribution in [1.82, 2.24) is 20.5 Å². The second-order valence-electron chi connectivity index (χ2n) is 5.04. The quantitative estimate of drug-likeness (QED) is 0.615. The van der Waals surface area contributed by atoms with Gasteiger partial charge in [0.2, 0.25) is 5.91 Å². The lowest BCUT2D eigenvalue weighted by molar-refractivity contribution is -0.121. The second-order valence-corrected chi connectivity index (χ2v) is 5.04. The molecule has 3 N–H and O–H groups in total. The number of anilines is 3. The van der Waals surface area contributed by atoms with Crippen molar-refractivity contribution in [3.8, 4) is 0 Å². The van der Waals surface area contributed by atoms with Crippen LogP contribution in [-0.2, 0) is 4.79 Å². The first kappa shape index (κ1) is 16.7. The number of aromatic nitrogens is 3. The molecule has 2 rings (SSSR count). The summed E-state index contributed by atoms with van der Waals surface area (Å²) in [6.07, 6.45) is 5.96. The molecule has 7 nitrogen and oxygen atoms in total. The minimum absolute atomic E-state index is 0.0941. The zero-order valence-corrected chi connectivity index (χ0v) is 13.2. The van der Waals surface area contributed by atoms with Crippen LogP contribution in [0.25, 0.3) is 0 Å². The highest BCUT2D eigenvalue weighted by Crippen LogP contribution is 2.13. The number of carbonyl (C=O) groups is 1. The standard InChI is InChI=1S/C16H22N6O/c1-2-3-4-16(23)19-12-11-18-14-5-6-15(22-21-14)20-13-7-9-17-10-8-13/h5-10H,2-4,11-12H2,1H3,(H,18,21)(H,19,23)(H,17,20,22). The third-order valence-corrected chi connectivity index (χ3v) is 3.13. The zero-order valence-electron chi connectivity index (χ0n) is 13.2. The minimum atomic E-state index is 0.0941. The summed E-state index contributed by atoms with van der Waals surface area (Å²) in [7, 11) is 0. The number of nitrogens with zero attached hydrogens (tertiary/aromatic N) is 3. The number of hydrogen-bond acceptors (Lipinski definition) is 6. The number of unbranched alkanes of at least 4 members (excludes halogenated alkanes) is 1. The zero-order chi connectivity index (χ0) is 16.3. The number of hydrogen-bond donors (Lipinski definition) is 3. The van der Waals surface area contributed by atoms with Crippen molar-refractivity contribution in [2.75, 3.05) is 23.7 Å². The van der Waals surface area contributed by atoms with Gasteiger partial charge in [0.1, 0.15) is 5.82 Å². The molecule has 2 heterocycles. The van der Waals surface area contributed by atoms with Gasteiger partial charge in [-0.15, -0.1) is 10.2 Å². The fourth-order valence-corrected chi connectivity index (χ4v) is 1.89. The predicted molar refractivity (Wildman–Crippen MR) is 90.6 cm³/mol. The lowest BCUT2D eigenvalue weighted by Gasteiger charge is -2.08. The number of pyridine rings is 1. The van der Waals surface area contributed by atoms with E-state index >= 15 is 0 Å². The van der Waals surface area contributed by atoms with E-state index in [0.717, 1.165) is 18.5 Å². The largest absolute Gasteiger partial charge is 0.367 e. The van der Waals surface area contributed by atoms with Gasteiger partial charge in [0.25, 0.3) is 0 Å². The van der Waals surface area contributed by atoms with Crippen LogP contribution in [0.1, 0.15) is 26.2 Å². The number of rotatable bonds is 9. The number of carbonyl (C=O) groups excluding carboxylic acids is 1. The van der Waals surface area contributed by atoms with E-state index in [4.69, 9.17) is 0 Å². The third kappa shape index (κ3) is 6.29. The van der Waals surface area contributed by atoms with Crippen LogP contribution in [0.15, 0.2) is 36.7 Å². The van der Waals surface area contributed by atoms with E-state index in [-0.39, 0.29) is 5.91 Å². The first-order valence-corrected chi connectivity index (χ1v) is 7.79. The smallest absolute Gasteiger partial charge is 0.220 e. The summed E-state index contributed by atoms with van der Waals surface area (Å²) in [5, 5.41) is 17.3. The molecule has 0 bridgehead atoms. The molecule has 7 heteroatoms. The molecular weight excluding hydrogens is 292 g/mol. The highest BCUT2D eigenvalue weighted by atomic mass is 16.1. The Labute approximate surface area is 135 Å². The molecule has 0 aliphatic heterocycles. The summed E-state index contributed by atoms with van der Waals surface area (Å²) < 4.78 is 0. The van der Waals surface area contributed by atoms with Gasteiger partial charge < -0.3 is 16.0 Å². The topological polar surface area (TPSA) is 91.8 Å². The van der Waals surface area contributed by atoms with Gasteiger partial charge in [-0.2, -0.15) is 0 Å². The summed E-state index contributed by atoms with van der Waals surface area (Å²) in [4.78, 5) is 15.4. The van der Waals surface area contributed by atoms with Gasteiger partial charge in [-0.05, 0) is 30.7 Å². The van der Waals surface area contributed by atoms with Crippen LogP contribution in [0.3, 0.4) is 0 Å². The van der Waals surface area contributed by atoms with Crippen molar-refractivity contribution in [3.05, 3.63) is 36.7 Å². The summed E-state index contributed by atoms with van der Waals surface area (Å²) >= 11 is 0. The minimum Gasteiger partial charge on any atom is -0.367 e. The predicted octanol–water partition coefficient (Wildman–Crippen LogP) is 2.33. The van der Waals surface area contributed by atoms with Crippen molar-refractivity contribution in [2.24, 2.45) is 0 Å². The Balaban J connectivity index is 1.70. The number of nitrogens with one attached hydrogen (secondary N) is 3. The number of amides is 1. The second kappa shape index (κ2) is 9.34.